The van der Waals surface area contributed by atoms with Crippen LogP contribution in [-0.4, -0.2) is 35.7 Å². The van der Waals surface area contributed by atoms with Crippen molar-refractivity contribution in [1.29, 1.82) is 5.41 Å². The van der Waals surface area contributed by atoms with Gasteiger partial charge < -0.3 is 24.8 Å². The predicted molar refractivity (Wildman–Crippen MR) is 147 cm³/mol. The van der Waals surface area contributed by atoms with Crippen LogP contribution >= 0.6 is 0 Å². The summed E-state index contributed by atoms with van der Waals surface area (Å²) in [5.74, 6) is -1.39. The Morgan fingerprint density at radius 3 is 2.70 bits per heavy atom. The lowest BCUT2D eigenvalue weighted by Gasteiger charge is -2.13. The molecule has 13 heteroatoms. The van der Waals surface area contributed by atoms with Crippen molar-refractivity contribution in [1.82, 2.24) is 20.4 Å². The molecule has 1 fully saturated rings. The Morgan fingerprint density at radius 1 is 1.15 bits per heavy atom. The quantitative estimate of drug-likeness (QED) is 0.0949. The summed E-state index contributed by atoms with van der Waals surface area (Å²) in [6, 6.07) is 12.7. The number of rotatable bonds is 12. The SMILES string of the molecule is N=C(/C=C(\NCc1ccccc1F)c1ccon1)c1ncc(F)c(NCc2ccc(N[S+]([O-])C3CC3)c(O)c2)n1. The largest absolute Gasteiger partial charge is 0.593 e. The molecule has 10 nitrogen and oxygen atoms in total. The molecule has 1 atom stereocenters. The smallest absolute Gasteiger partial charge is 0.183 e. The molecule has 0 spiro atoms. The molecule has 1 aliphatic carbocycles. The van der Waals surface area contributed by atoms with Gasteiger partial charge in [-0.3, -0.25) is 5.41 Å². The summed E-state index contributed by atoms with van der Waals surface area (Å²) >= 11 is -1.25. The lowest BCUT2D eigenvalue weighted by atomic mass is 10.2. The first-order valence-electron chi connectivity index (χ1n) is 12.3. The fourth-order valence-corrected chi connectivity index (χ4v) is 4.78. The van der Waals surface area contributed by atoms with E-state index in [1.54, 1.807) is 36.4 Å². The van der Waals surface area contributed by atoms with Gasteiger partial charge in [0.15, 0.2) is 17.5 Å². The molecule has 0 aliphatic heterocycles. The highest BCUT2D eigenvalue weighted by molar-refractivity contribution is 7.93. The van der Waals surface area contributed by atoms with Crippen LogP contribution in [0.5, 0.6) is 5.75 Å². The first kappa shape index (κ1) is 27.1. The van der Waals surface area contributed by atoms with Crippen molar-refractivity contribution in [3.63, 3.8) is 0 Å². The van der Waals surface area contributed by atoms with E-state index in [2.05, 4.69) is 30.5 Å². The van der Waals surface area contributed by atoms with E-state index in [-0.39, 0.29) is 47.3 Å². The van der Waals surface area contributed by atoms with Crippen molar-refractivity contribution in [2.75, 3.05) is 10.0 Å². The van der Waals surface area contributed by atoms with Gasteiger partial charge in [-0.15, -0.1) is 0 Å². The van der Waals surface area contributed by atoms with Gasteiger partial charge >= 0.3 is 0 Å². The predicted octanol–water partition coefficient (Wildman–Crippen LogP) is 4.50. The molecule has 0 saturated heterocycles. The summed E-state index contributed by atoms with van der Waals surface area (Å²) in [5.41, 5.74) is 1.98. The molecule has 4 aromatic rings. The first-order chi connectivity index (χ1) is 19.4. The summed E-state index contributed by atoms with van der Waals surface area (Å²) in [6.07, 6.45) is 5.50. The van der Waals surface area contributed by atoms with Crippen molar-refractivity contribution in [2.45, 2.75) is 31.2 Å². The summed E-state index contributed by atoms with van der Waals surface area (Å²) in [4.78, 5) is 8.08. The molecule has 0 radical (unpaired) electrons. The molecule has 1 unspecified atom stereocenters. The maximum atomic E-state index is 14.5. The van der Waals surface area contributed by atoms with E-state index < -0.39 is 17.2 Å². The minimum absolute atomic E-state index is 0.0671. The number of aromatic nitrogens is 3. The van der Waals surface area contributed by atoms with Gasteiger partial charge in [0.2, 0.25) is 0 Å². The minimum atomic E-state index is -1.25. The van der Waals surface area contributed by atoms with Crippen molar-refractivity contribution < 1.29 is 23.0 Å². The van der Waals surface area contributed by atoms with E-state index in [0.29, 0.717) is 28.2 Å². The van der Waals surface area contributed by atoms with Crippen molar-refractivity contribution in [3.8, 4) is 5.75 Å². The minimum Gasteiger partial charge on any atom is -0.593 e. The monoisotopic (exact) mass is 565 g/mol. The second-order valence-electron chi connectivity index (χ2n) is 9.00. The number of nitrogens with zero attached hydrogens (tertiary/aromatic N) is 3. The highest BCUT2D eigenvalue weighted by Crippen LogP contribution is 2.32. The van der Waals surface area contributed by atoms with Crippen molar-refractivity contribution in [3.05, 3.63) is 101 Å². The highest BCUT2D eigenvalue weighted by atomic mass is 32.2. The van der Waals surface area contributed by atoms with Crippen molar-refractivity contribution in [2.24, 2.45) is 0 Å². The zero-order valence-electron chi connectivity index (χ0n) is 21.0. The lowest BCUT2D eigenvalue weighted by molar-refractivity contribution is 0.417. The molecule has 0 bridgehead atoms. The van der Waals surface area contributed by atoms with Gasteiger partial charge in [-0.25, -0.2) is 23.5 Å². The molecular formula is C27H25F2N7O3S. The number of nitrogens with one attached hydrogen (secondary N) is 4. The number of halogens is 2. The van der Waals surface area contributed by atoms with E-state index >= 15 is 0 Å². The number of phenolic OH excluding ortho intramolecular Hbond substituents is 1. The van der Waals surface area contributed by atoms with E-state index in [1.165, 1.54) is 24.5 Å². The topological polar surface area (TPSA) is 155 Å². The van der Waals surface area contributed by atoms with Gasteiger partial charge in [-0.1, -0.05) is 29.4 Å². The Morgan fingerprint density at radius 2 is 1.98 bits per heavy atom. The Hall–Kier alpha value is -4.49. The van der Waals surface area contributed by atoms with E-state index in [4.69, 9.17) is 9.93 Å². The Labute approximate surface area is 231 Å². The summed E-state index contributed by atoms with van der Waals surface area (Å²) < 4.78 is 48.4. The van der Waals surface area contributed by atoms with E-state index in [1.807, 2.05) is 0 Å². The summed E-state index contributed by atoms with van der Waals surface area (Å²) in [7, 11) is 0. The van der Waals surface area contributed by atoms with Gasteiger partial charge in [0.25, 0.3) is 0 Å². The van der Waals surface area contributed by atoms with Gasteiger partial charge in [-0.05, 0) is 29.8 Å². The van der Waals surface area contributed by atoms with Crippen LogP contribution in [0.25, 0.3) is 5.70 Å². The number of hydrogen-bond donors (Lipinski definition) is 5. The Bertz CT molecular complexity index is 1530. The fraction of sp³-hybridized carbons (Fsp3) is 0.185. The van der Waals surface area contributed by atoms with Crippen LogP contribution in [0.3, 0.4) is 0 Å². The number of allylic oxidation sites excluding steroid dienone is 1. The third-order valence-electron chi connectivity index (χ3n) is 5.97. The Balaban J connectivity index is 1.28. The average Bonchev–Trinajstić information content (AvgIpc) is 3.66. The third kappa shape index (κ3) is 6.74. The maximum Gasteiger partial charge on any atom is 0.183 e. The zero-order valence-corrected chi connectivity index (χ0v) is 21.8. The average molecular weight is 566 g/mol. The Kier molecular flexibility index (Phi) is 8.22. The standard InChI is InChI=1S/C27H25F2N7O3S/c28-19-4-2-1-3-17(19)14-31-24(22-9-10-39-35-22)12-21(30)27-33-15-20(29)26(34-27)32-13-16-5-8-23(25(37)11-16)36-40(38)18-6-7-18/h1-5,8-12,15,18,30-31,36-37H,6-7,13-14H2,(H,32,33,34)/b24-12-,30-21?. The van der Waals surface area contributed by atoms with Gasteiger partial charge in [-0.2, -0.15) is 0 Å². The number of phenols is 1. The summed E-state index contributed by atoms with van der Waals surface area (Å²) in [5, 5.41) is 28.7. The van der Waals surface area contributed by atoms with Crippen LogP contribution in [0, 0.1) is 17.0 Å². The fourth-order valence-electron chi connectivity index (χ4n) is 3.66. The number of aromatic hydroxyl groups is 1. The summed E-state index contributed by atoms with van der Waals surface area (Å²) in [6.45, 7) is 0.234. The highest BCUT2D eigenvalue weighted by Gasteiger charge is 2.35. The van der Waals surface area contributed by atoms with Crippen LogP contribution < -0.4 is 15.4 Å². The van der Waals surface area contributed by atoms with E-state index in [0.717, 1.165) is 19.0 Å². The molecule has 0 amide bonds. The molecule has 2 aromatic heterocycles. The number of hydrogen-bond acceptors (Lipinski definition) is 10. The first-order valence-corrected chi connectivity index (χ1v) is 13.5. The molecule has 2 aromatic carbocycles. The van der Waals surface area contributed by atoms with Crippen LogP contribution in [0.1, 0.15) is 35.5 Å². The van der Waals surface area contributed by atoms with Crippen LogP contribution in [0.2, 0.25) is 0 Å². The van der Waals surface area contributed by atoms with Crippen LogP contribution in [0.15, 0.2) is 71.6 Å². The second-order valence-corrected chi connectivity index (χ2v) is 10.5. The van der Waals surface area contributed by atoms with Gasteiger partial charge in [0.05, 0.1) is 23.3 Å². The van der Waals surface area contributed by atoms with E-state index in [9.17, 15) is 18.4 Å². The molecule has 1 aliphatic rings. The van der Waals surface area contributed by atoms with Crippen molar-refractivity contribution >= 4 is 34.3 Å². The lowest BCUT2D eigenvalue weighted by Crippen LogP contribution is -2.17. The van der Waals surface area contributed by atoms with Crippen LogP contribution in [-0.2, 0) is 24.5 Å². The zero-order chi connectivity index (χ0) is 28.1. The molecule has 5 rings (SSSR count). The second kappa shape index (κ2) is 12.1. The molecule has 5 N–H and O–H groups in total. The molecule has 206 valence electrons. The van der Waals surface area contributed by atoms with Gasteiger partial charge in [0, 0.05) is 37.6 Å². The molecule has 40 heavy (non-hydrogen) atoms. The maximum absolute atomic E-state index is 14.5. The number of anilines is 2. The molecule has 1 saturated carbocycles. The molecule has 2 heterocycles. The number of benzene rings is 2. The normalized spacial score (nSPS) is 14.0. The third-order valence-corrected chi connectivity index (χ3v) is 7.47. The van der Waals surface area contributed by atoms with Crippen LogP contribution in [0.4, 0.5) is 20.3 Å². The van der Waals surface area contributed by atoms with Gasteiger partial charge in [0.1, 0.15) is 40.2 Å². The molecular weight excluding hydrogens is 540 g/mol.